The molecule has 0 aromatic heterocycles. The lowest BCUT2D eigenvalue weighted by Crippen LogP contribution is -2.49. The van der Waals surface area contributed by atoms with Crippen LogP contribution in [0.3, 0.4) is 0 Å². The lowest BCUT2D eigenvalue weighted by molar-refractivity contribution is -0.122. The van der Waals surface area contributed by atoms with E-state index < -0.39 is 10.0 Å². The number of hydrogen-bond donors (Lipinski definition) is 1. The molecular formula is C21H33N3O3S. The third-order valence-electron chi connectivity index (χ3n) is 5.81. The van der Waals surface area contributed by atoms with Crippen LogP contribution >= 0.6 is 0 Å². The van der Waals surface area contributed by atoms with Gasteiger partial charge in [0, 0.05) is 45.2 Å². The van der Waals surface area contributed by atoms with Gasteiger partial charge in [0.25, 0.3) is 0 Å². The van der Waals surface area contributed by atoms with Crippen molar-refractivity contribution in [3.63, 3.8) is 0 Å². The Morgan fingerprint density at radius 3 is 2.32 bits per heavy atom. The van der Waals surface area contributed by atoms with Crippen molar-refractivity contribution < 1.29 is 13.2 Å². The van der Waals surface area contributed by atoms with Gasteiger partial charge in [-0.1, -0.05) is 38.3 Å². The molecule has 1 aromatic rings. The Hall–Kier alpha value is -1.44. The van der Waals surface area contributed by atoms with Crippen molar-refractivity contribution in [1.29, 1.82) is 0 Å². The van der Waals surface area contributed by atoms with Crippen LogP contribution in [-0.2, 0) is 21.2 Å². The van der Waals surface area contributed by atoms with E-state index in [1.165, 1.54) is 18.4 Å². The lowest BCUT2D eigenvalue weighted by Gasteiger charge is -2.33. The molecule has 1 N–H and O–H groups in total. The first-order valence-electron chi connectivity index (χ1n) is 10.6. The Labute approximate surface area is 169 Å². The van der Waals surface area contributed by atoms with Gasteiger partial charge in [0.1, 0.15) is 0 Å². The number of carbonyl (C=O) groups excluding carboxylic acids is 1. The summed E-state index contributed by atoms with van der Waals surface area (Å²) in [4.78, 5) is 14.6. The molecule has 0 bridgehead atoms. The fraction of sp³-hybridized carbons (Fsp3) is 0.667. The van der Waals surface area contributed by atoms with Gasteiger partial charge in [-0.2, -0.15) is 4.31 Å². The molecule has 0 atom stereocenters. The molecule has 0 radical (unpaired) electrons. The van der Waals surface area contributed by atoms with Gasteiger partial charge in [0.15, 0.2) is 0 Å². The van der Waals surface area contributed by atoms with Crippen LogP contribution in [-0.4, -0.2) is 62.3 Å². The van der Waals surface area contributed by atoms with Crippen LogP contribution in [0.15, 0.2) is 29.2 Å². The average molecular weight is 408 g/mol. The Kier molecular flexibility index (Phi) is 7.48. The Morgan fingerprint density at radius 2 is 1.71 bits per heavy atom. The van der Waals surface area contributed by atoms with E-state index in [2.05, 4.69) is 17.1 Å². The maximum Gasteiger partial charge on any atom is 0.243 e. The van der Waals surface area contributed by atoms with Crippen molar-refractivity contribution in [2.24, 2.45) is 0 Å². The highest BCUT2D eigenvalue weighted by atomic mass is 32.2. The number of rotatable bonds is 8. The van der Waals surface area contributed by atoms with E-state index in [0.717, 1.165) is 25.7 Å². The molecule has 3 rings (SSSR count). The molecule has 1 aromatic carbocycles. The van der Waals surface area contributed by atoms with Crippen molar-refractivity contribution in [3.8, 4) is 0 Å². The van der Waals surface area contributed by atoms with Crippen LogP contribution in [0.1, 0.15) is 51.0 Å². The van der Waals surface area contributed by atoms with Crippen molar-refractivity contribution >= 4 is 15.9 Å². The Bertz CT molecular complexity index is 735. The van der Waals surface area contributed by atoms with Gasteiger partial charge < -0.3 is 10.2 Å². The van der Waals surface area contributed by atoms with E-state index in [-0.39, 0.29) is 5.91 Å². The molecule has 2 aliphatic rings. The van der Waals surface area contributed by atoms with Crippen LogP contribution < -0.4 is 5.32 Å². The zero-order valence-electron chi connectivity index (χ0n) is 16.9. The predicted octanol–water partition coefficient (Wildman–Crippen LogP) is 2.39. The minimum absolute atomic E-state index is 0.120. The van der Waals surface area contributed by atoms with E-state index in [1.807, 2.05) is 12.1 Å². The summed E-state index contributed by atoms with van der Waals surface area (Å²) in [5, 5.41) is 3.11. The number of sulfonamides is 1. The third-order valence-corrected chi connectivity index (χ3v) is 7.72. The third kappa shape index (κ3) is 5.55. The monoisotopic (exact) mass is 407 g/mol. The number of carbonyl (C=O) groups is 1. The summed E-state index contributed by atoms with van der Waals surface area (Å²) in [6, 6.07) is 7.63. The van der Waals surface area contributed by atoms with Gasteiger partial charge in [0.2, 0.25) is 15.9 Å². The normalized spacial score (nSPS) is 19.8. The quantitative estimate of drug-likeness (QED) is 0.718. The summed E-state index contributed by atoms with van der Waals surface area (Å²) >= 11 is 0. The molecule has 156 valence electrons. The second kappa shape index (κ2) is 9.85. The van der Waals surface area contributed by atoms with E-state index >= 15 is 0 Å². The van der Waals surface area contributed by atoms with Crippen molar-refractivity contribution in [3.05, 3.63) is 29.8 Å². The number of nitrogens with zero attached hydrogens (tertiary/aromatic N) is 2. The summed E-state index contributed by atoms with van der Waals surface area (Å²) < 4.78 is 27.3. The van der Waals surface area contributed by atoms with E-state index in [0.29, 0.717) is 50.1 Å². The van der Waals surface area contributed by atoms with Gasteiger partial charge >= 0.3 is 0 Å². The highest BCUT2D eigenvalue weighted by Crippen LogP contribution is 2.19. The fourth-order valence-corrected chi connectivity index (χ4v) is 5.51. The highest BCUT2D eigenvalue weighted by molar-refractivity contribution is 7.89. The first-order chi connectivity index (χ1) is 13.5. The summed E-state index contributed by atoms with van der Waals surface area (Å²) in [7, 11) is -3.44. The summed E-state index contributed by atoms with van der Waals surface area (Å²) in [5.74, 6) is 0.120. The number of aryl methyl sites for hydroxylation is 1. The largest absolute Gasteiger partial charge is 0.353 e. The second-order valence-corrected chi connectivity index (χ2v) is 9.88. The minimum atomic E-state index is -3.44. The number of benzene rings is 1. The summed E-state index contributed by atoms with van der Waals surface area (Å²) in [5.41, 5.74) is 1.17. The van der Waals surface area contributed by atoms with Crippen LogP contribution in [0.2, 0.25) is 0 Å². The Balaban J connectivity index is 1.45. The van der Waals surface area contributed by atoms with Gasteiger partial charge in [-0.05, 0) is 37.0 Å². The van der Waals surface area contributed by atoms with Gasteiger partial charge in [0.05, 0.1) is 4.90 Å². The van der Waals surface area contributed by atoms with E-state index in [4.69, 9.17) is 0 Å². The van der Waals surface area contributed by atoms with Crippen LogP contribution in [0.25, 0.3) is 0 Å². The van der Waals surface area contributed by atoms with Gasteiger partial charge in [-0.3, -0.25) is 4.79 Å². The first-order valence-corrected chi connectivity index (χ1v) is 12.0. The topological polar surface area (TPSA) is 69.7 Å². The maximum atomic E-state index is 12.9. The molecule has 1 aliphatic heterocycles. The number of nitrogens with one attached hydrogen (secondary N) is 1. The van der Waals surface area contributed by atoms with Crippen LogP contribution in [0, 0.1) is 0 Å². The van der Waals surface area contributed by atoms with Crippen LogP contribution in [0.4, 0.5) is 0 Å². The standard InChI is InChI=1S/C21H33N3O3S/c1-2-5-18-8-10-20(11-9-18)28(26,27)24-16-14-23(15-17-24)13-12-21(25)22-19-6-3-4-7-19/h8-11,19H,2-7,12-17H2,1H3,(H,22,25). The highest BCUT2D eigenvalue weighted by Gasteiger charge is 2.28. The van der Waals surface area contributed by atoms with Crippen molar-refractivity contribution in [1.82, 2.24) is 14.5 Å². The summed E-state index contributed by atoms with van der Waals surface area (Å²) in [6.45, 7) is 5.10. The molecule has 28 heavy (non-hydrogen) atoms. The molecular weight excluding hydrogens is 374 g/mol. The van der Waals surface area contributed by atoms with E-state index in [1.54, 1.807) is 16.4 Å². The molecule has 0 unspecified atom stereocenters. The first kappa shape index (κ1) is 21.3. The molecule has 7 heteroatoms. The zero-order valence-corrected chi connectivity index (χ0v) is 17.7. The van der Waals surface area contributed by atoms with Gasteiger partial charge in [-0.15, -0.1) is 0 Å². The van der Waals surface area contributed by atoms with Crippen molar-refractivity contribution in [2.75, 3.05) is 32.7 Å². The molecule has 1 saturated carbocycles. The van der Waals surface area contributed by atoms with Crippen LogP contribution in [0.5, 0.6) is 0 Å². The molecule has 0 spiro atoms. The number of hydrogen-bond acceptors (Lipinski definition) is 4. The molecule has 2 fully saturated rings. The second-order valence-electron chi connectivity index (χ2n) is 7.94. The minimum Gasteiger partial charge on any atom is -0.353 e. The molecule has 1 saturated heterocycles. The predicted molar refractivity (Wildman–Crippen MR) is 111 cm³/mol. The smallest absolute Gasteiger partial charge is 0.243 e. The average Bonchev–Trinajstić information content (AvgIpc) is 3.20. The fourth-order valence-electron chi connectivity index (χ4n) is 4.09. The number of piperazine rings is 1. The SMILES string of the molecule is CCCc1ccc(S(=O)(=O)N2CCN(CCC(=O)NC3CCCC3)CC2)cc1. The molecule has 1 aliphatic carbocycles. The van der Waals surface area contributed by atoms with Gasteiger partial charge in [-0.25, -0.2) is 8.42 Å². The lowest BCUT2D eigenvalue weighted by atomic mass is 10.1. The molecule has 1 heterocycles. The summed E-state index contributed by atoms with van der Waals surface area (Å²) in [6.07, 6.45) is 7.12. The van der Waals surface area contributed by atoms with Crippen molar-refractivity contribution in [2.45, 2.75) is 62.8 Å². The maximum absolute atomic E-state index is 12.9. The van der Waals surface area contributed by atoms with E-state index in [9.17, 15) is 13.2 Å². The zero-order chi connectivity index (χ0) is 20.0. The molecule has 1 amide bonds. The number of amides is 1. The molecule has 6 nitrogen and oxygen atoms in total. The Morgan fingerprint density at radius 1 is 1.07 bits per heavy atom.